The van der Waals surface area contributed by atoms with Gasteiger partial charge < -0.3 is 15.4 Å². The minimum atomic E-state index is 0.363. The van der Waals surface area contributed by atoms with E-state index in [1.165, 1.54) is 0 Å². The molecule has 1 aromatic heterocycles. The van der Waals surface area contributed by atoms with Crippen molar-refractivity contribution in [1.29, 1.82) is 0 Å². The van der Waals surface area contributed by atoms with Crippen LogP contribution in [0.1, 0.15) is 13.3 Å². The predicted octanol–water partition coefficient (Wildman–Crippen LogP) is 2.08. The highest BCUT2D eigenvalue weighted by atomic mass is 32.2. The van der Waals surface area contributed by atoms with E-state index in [2.05, 4.69) is 27.5 Å². The molecule has 2 unspecified atom stereocenters. The standard InChI is InChI=1S/C12H20N4OS/c1-8(9-4-5-17-7-9)14-11-6-10(13-2)15-12(16-11)18-3/h6,8-9H,4-5,7H2,1-3H3,(H2,13,14,15,16). The molecule has 6 heteroatoms. The molecule has 0 saturated carbocycles. The van der Waals surface area contributed by atoms with Gasteiger partial charge in [0.15, 0.2) is 5.16 Å². The van der Waals surface area contributed by atoms with Gasteiger partial charge in [-0.3, -0.25) is 0 Å². The summed E-state index contributed by atoms with van der Waals surface area (Å²) in [7, 11) is 1.87. The Labute approximate surface area is 112 Å². The summed E-state index contributed by atoms with van der Waals surface area (Å²) >= 11 is 1.54. The summed E-state index contributed by atoms with van der Waals surface area (Å²) in [6.45, 7) is 3.89. The Balaban J connectivity index is 2.07. The zero-order chi connectivity index (χ0) is 13.0. The maximum Gasteiger partial charge on any atom is 0.191 e. The Kier molecular flexibility index (Phi) is 4.66. The smallest absolute Gasteiger partial charge is 0.191 e. The van der Waals surface area contributed by atoms with Crippen LogP contribution in [-0.4, -0.2) is 42.5 Å². The van der Waals surface area contributed by atoms with Gasteiger partial charge in [0.1, 0.15) is 11.6 Å². The van der Waals surface area contributed by atoms with Gasteiger partial charge in [-0.2, -0.15) is 0 Å². The molecule has 1 aliphatic heterocycles. The molecule has 0 amide bonds. The summed E-state index contributed by atoms with van der Waals surface area (Å²) in [4.78, 5) is 8.82. The highest BCUT2D eigenvalue weighted by Gasteiger charge is 2.22. The lowest BCUT2D eigenvalue weighted by atomic mass is 10.0. The third kappa shape index (κ3) is 3.26. The summed E-state index contributed by atoms with van der Waals surface area (Å²) < 4.78 is 5.42. The van der Waals surface area contributed by atoms with Crippen molar-refractivity contribution in [3.8, 4) is 0 Å². The Morgan fingerprint density at radius 2 is 2.22 bits per heavy atom. The van der Waals surface area contributed by atoms with Crippen molar-refractivity contribution in [3.63, 3.8) is 0 Å². The number of ether oxygens (including phenoxy) is 1. The van der Waals surface area contributed by atoms with Gasteiger partial charge in [0.2, 0.25) is 0 Å². The van der Waals surface area contributed by atoms with E-state index in [1.807, 2.05) is 19.4 Å². The van der Waals surface area contributed by atoms with E-state index in [-0.39, 0.29) is 0 Å². The Hall–Kier alpha value is -1.01. The molecule has 1 saturated heterocycles. The fourth-order valence-electron chi connectivity index (χ4n) is 2.02. The summed E-state index contributed by atoms with van der Waals surface area (Å²) in [6, 6.07) is 2.30. The van der Waals surface area contributed by atoms with Crippen LogP contribution in [0.15, 0.2) is 11.2 Å². The molecule has 18 heavy (non-hydrogen) atoms. The molecular formula is C12H20N4OS. The van der Waals surface area contributed by atoms with Gasteiger partial charge in [-0.25, -0.2) is 9.97 Å². The lowest BCUT2D eigenvalue weighted by Gasteiger charge is -2.20. The Morgan fingerprint density at radius 1 is 1.44 bits per heavy atom. The summed E-state index contributed by atoms with van der Waals surface area (Å²) in [5, 5.41) is 7.28. The molecular weight excluding hydrogens is 248 g/mol. The van der Waals surface area contributed by atoms with Crippen molar-refractivity contribution in [1.82, 2.24) is 9.97 Å². The second-order valence-electron chi connectivity index (χ2n) is 4.43. The largest absolute Gasteiger partial charge is 0.381 e. The van der Waals surface area contributed by atoms with Crippen molar-refractivity contribution >= 4 is 23.4 Å². The molecule has 100 valence electrons. The number of hydrogen-bond donors (Lipinski definition) is 2. The first-order chi connectivity index (χ1) is 8.72. The maximum absolute atomic E-state index is 5.42. The van der Waals surface area contributed by atoms with Crippen molar-refractivity contribution in [2.75, 3.05) is 37.2 Å². The van der Waals surface area contributed by atoms with Crippen LogP contribution in [-0.2, 0) is 4.74 Å². The van der Waals surface area contributed by atoms with Crippen LogP contribution in [0, 0.1) is 5.92 Å². The average molecular weight is 268 g/mol. The van der Waals surface area contributed by atoms with Gasteiger partial charge in [-0.15, -0.1) is 0 Å². The molecule has 0 bridgehead atoms. The fourth-order valence-corrected chi connectivity index (χ4v) is 2.40. The quantitative estimate of drug-likeness (QED) is 0.630. The molecule has 2 N–H and O–H groups in total. The van der Waals surface area contributed by atoms with Gasteiger partial charge in [-0.05, 0) is 19.6 Å². The summed E-state index contributed by atoms with van der Waals surface area (Å²) in [5.41, 5.74) is 0. The van der Waals surface area contributed by atoms with Crippen molar-refractivity contribution in [3.05, 3.63) is 6.07 Å². The van der Waals surface area contributed by atoms with Gasteiger partial charge in [0, 0.05) is 31.7 Å². The van der Waals surface area contributed by atoms with Crippen LogP contribution in [0.5, 0.6) is 0 Å². The number of nitrogens with one attached hydrogen (secondary N) is 2. The van der Waals surface area contributed by atoms with E-state index in [0.29, 0.717) is 12.0 Å². The molecule has 0 spiro atoms. The van der Waals surface area contributed by atoms with E-state index in [1.54, 1.807) is 11.8 Å². The van der Waals surface area contributed by atoms with E-state index in [9.17, 15) is 0 Å². The third-order valence-electron chi connectivity index (χ3n) is 3.19. The molecule has 1 aliphatic rings. The van der Waals surface area contributed by atoms with E-state index in [0.717, 1.165) is 36.4 Å². The SMILES string of the molecule is CNc1cc(NC(C)C2CCOC2)nc(SC)n1. The third-order valence-corrected chi connectivity index (χ3v) is 3.74. The number of rotatable bonds is 5. The zero-order valence-electron chi connectivity index (χ0n) is 11.1. The van der Waals surface area contributed by atoms with Crippen LogP contribution >= 0.6 is 11.8 Å². The topological polar surface area (TPSA) is 59.1 Å². The molecule has 2 heterocycles. The molecule has 2 atom stereocenters. The highest BCUT2D eigenvalue weighted by Crippen LogP contribution is 2.22. The molecule has 0 aromatic carbocycles. The second kappa shape index (κ2) is 6.24. The van der Waals surface area contributed by atoms with Crippen molar-refractivity contribution in [2.45, 2.75) is 24.5 Å². The maximum atomic E-state index is 5.42. The second-order valence-corrected chi connectivity index (χ2v) is 5.21. The van der Waals surface area contributed by atoms with Crippen molar-refractivity contribution in [2.24, 2.45) is 5.92 Å². The molecule has 0 radical (unpaired) electrons. The summed E-state index contributed by atoms with van der Waals surface area (Å²) in [5.74, 6) is 2.28. The number of anilines is 2. The van der Waals surface area contributed by atoms with Gasteiger partial charge in [0.05, 0.1) is 6.61 Å². The van der Waals surface area contributed by atoms with Gasteiger partial charge >= 0.3 is 0 Å². The lowest BCUT2D eigenvalue weighted by molar-refractivity contribution is 0.183. The van der Waals surface area contributed by atoms with Gasteiger partial charge in [-0.1, -0.05) is 11.8 Å². The lowest BCUT2D eigenvalue weighted by Crippen LogP contribution is -2.26. The fraction of sp³-hybridized carbons (Fsp3) is 0.667. The minimum Gasteiger partial charge on any atom is -0.381 e. The Morgan fingerprint density at radius 3 is 2.83 bits per heavy atom. The first kappa shape index (κ1) is 13.4. The number of aromatic nitrogens is 2. The first-order valence-electron chi connectivity index (χ1n) is 6.18. The van der Waals surface area contributed by atoms with Crippen LogP contribution in [0.2, 0.25) is 0 Å². The van der Waals surface area contributed by atoms with Crippen LogP contribution in [0.4, 0.5) is 11.6 Å². The highest BCUT2D eigenvalue weighted by molar-refractivity contribution is 7.98. The molecule has 0 aliphatic carbocycles. The number of hydrogen-bond acceptors (Lipinski definition) is 6. The minimum absolute atomic E-state index is 0.363. The molecule has 1 fully saturated rings. The molecule has 5 nitrogen and oxygen atoms in total. The Bertz CT molecular complexity index is 373. The van der Waals surface area contributed by atoms with Gasteiger partial charge in [0.25, 0.3) is 0 Å². The van der Waals surface area contributed by atoms with E-state index < -0.39 is 0 Å². The molecule has 2 rings (SSSR count). The monoisotopic (exact) mass is 268 g/mol. The zero-order valence-corrected chi connectivity index (χ0v) is 11.9. The normalized spacial score (nSPS) is 20.7. The first-order valence-corrected chi connectivity index (χ1v) is 7.40. The number of thioether (sulfide) groups is 1. The molecule has 1 aromatic rings. The number of nitrogens with zero attached hydrogens (tertiary/aromatic N) is 2. The van der Waals surface area contributed by atoms with E-state index >= 15 is 0 Å². The van der Waals surface area contributed by atoms with Crippen LogP contribution in [0.25, 0.3) is 0 Å². The van der Waals surface area contributed by atoms with Crippen LogP contribution < -0.4 is 10.6 Å². The average Bonchev–Trinajstić information content (AvgIpc) is 2.92. The summed E-state index contributed by atoms with van der Waals surface area (Å²) in [6.07, 6.45) is 3.10. The van der Waals surface area contributed by atoms with Crippen molar-refractivity contribution < 1.29 is 4.74 Å². The predicted molar refractivity (Wildman–Crippen MR) is 75.4 cm³/mol. The van der Waals surface area contributed by atoms with E-state index in [4.69, 9.17) is 4.74 Å². The van der Waals surface area contributed by atoms with Crippen LogP contribution in [0.3, 0.4) is 0 Å².